The Morgan fingerprint density at radius 1 is 1.32 bits per heavy atom. The van der Waals surface area contributed by atoms with Gasteiger partial charge in [0, 0.05) is 9.35 Å². The second kappa shape index (κ2) is 5.75. The lowest BCUT2D eigenvalue weighted by molar-refractivity contribution is 0.568. The zero-order chi connectivity index (χ0) is 14.0. The van der Waals surface area contributed by atoms with Crippen LogP contribution < -0.4 is 4.72 Å². The molecule has 0 bridgehead atoms. The molecule has 0 spiro atoms. The van der Waals surface area contributed by atoms with Crippen LogP contribution in [0.4, 0.5) is 0 Å². The fourth-order valence-corrected chi connectivity index (χ4v) is 4.57. The van der Waals surface area contributed by atoms with Gasteiger partial charge in [0.2, 0.25) is 10.0 Å². The molecular formula is C13H14BrNO2S2. The maximum absolute atomic E-state index is 12.4. The lowest BCUT2D eigenvalue weighted by Crippen LogP contribution is -2.27. The molecule has 0 saturated carbocycles. The number of sulfonamides is 1. The zero-order valence-corrected chi connectivity index (χ0v) is 13.8. The van der Waals surface area contributed by atoms with E-state index in [0.717, 1.165) is 14.9 Å². The van der Waals surface area contributed by atoms with E-state index in [0.29, 0.717) is 4.90 Å². The van der Waals surface area contributed by atoms with Crippen LogP contribution in [-0.4, -0.2) is 8.42 Å². The average Bonchev–Trinajstić information content (AvgIpc) is 2.85. The maximum Gasteiger partial charge on any atom is 0.241 e. The molecule has 1 heterocycles. The van der Waals surface area contributed by atoms with Gasteiger partial charge < -0.3 is 0 Å². The molecule has 3 nitrogen and oxygen atoms in total. The lowest BCUT2D eigenvalue weighted by Gasteiger charge is -2.14. The summed E-state index contributed by atoms with van der Waals surface area (Å²) in [4.78, 5) is 1.31. The molecule has 0 radical (unpaired) electrons. The van der Waals surface area contributed by atoms with E-state index in [1.54, 1.807) is 19.1 Å². The van der Waals surface area contributed by atoms with Crippen molar-refractivity contribution in [1.29, 1.82) is 0 Å². The molecule has 0 amide bonds. The van der Waals surface area contributed by atoms with Crippen molar-refractivity contribution in [3.63, 3.8) is 0 Å². The number of benzene rings is 1. The first kappa shape index (κ1) is 14.7. The van der Waals surface area contributed by atoms with Crippen LogP contribution >= 0.6 is 27.3 Å². The van der Waals surface area contributed by atoms with Gasteiger partial charge in [0.05, 0.1) is 10.9 Å². The van der Waals surface area contributed by atoms with Crippen molar-refractivity contribution >= 4 is 37.3 Å². The van der Waals surface area contributed by atoms with Crippen molar-refractivity contribution in [3.05, 3.63) is 50.6 Å². The first-order valence-electron chi connectivity index (χ1n) is 5.72. The standard InChI is InChI=1S/C13H14BrNO2S2/c1-9-5-6-11(14)8-13(9)19(16,17)15-10(2)12-4-3-7-18-12/h3-8,10,15H,1-2H3/t10-/m1/s1. The van der Waals surface area contributed by atoms with Gasteiger partial charge in [0.25, 0.3) is 0 Å². The van der Waals surface area contributed by atoms with Gasteiger partial charge in [-0.1, -0.05) is 28.1 Å². The van der Waals surface area contributed by atoms with Gasteiger partial charge in [0.15, 0.2) is 0 Å². The van der Waals surface area contributed by atoms with Crippen molar-refractivity contribution in [2.45, 2.75) is 24.8 Å². The third-order valence-corrected chi connectivity index (χ3v) is 5.97. The van der Waals surface area contributed by atoms with Crippen LogP contribution in [0.5, 0.6) is 0 Å². The minimum atomic E-state index is -3.51. The van der Waals surface area contributed by atoms with E-state index in [1.807, 2.05) is 30.5 Å². The van der Waals surface area contributed by atoms with Gasteiger partial charge in [-0.05, 0) is 43.0 Å². The highest BCUT2D eigenvalue weighted by Crippen LogP contribution is 2.24. The molecule has 19 heavy (non-hydrogen) atoms. The van der Waals surface area contributed by atoms with E-state index < -0.39 is 10.0 Å². The predicted molar refractivity (Wildman–Crippen MR) is 81.9 cm³/mol. The number of thiophene rings is 1. The molecule has 0 unspecified atom stereocenters. The Balaban J connectivity index is 2.30. The second-order valence-electron chi connectivity index (χ2n) is 4.27. The van der Waals surface area contributed by atoms with Gasteiger partial charge in [-0.15, -0.1) is 11.3 Å². The first-order valence-corrected chi connectivity index (χ1v) is 8.87. The number of nitrogens with one attached hydrogen (secondary N) is 1. The Labute approximate surface area is 125 Å². The summed E-state index contributed by atoms with van der Waals surface area (Å²) in [7, 11) is -3.51. The van der Waals surface area contributed by atoms with E-state index in [9.17, 15) is 8.42 Å². The molecule has 0 aliphatic heterocycles. The van der Waals surface area contributed by atoms with E-state index in [-0.39, 0.29) is 6.04 Å². The Kier molecular flexibility index (Phi) is 4.45. The maximum atomic E-state index is 12.4. The van der Waals surface area contributed by atoms with Crippen LogP contribution in [0.25, 0.3) is 0 Å². The van der Waals surface area contributed by atoms with Gasteiger partial charge in [-0.3, -0.25) is 0 Å². The molecule has 1 atom stereocenters. The van der Waals surface area contributed by atoms with Gasteiger partial charge in [-0.25, -0.2) is 13.1 Å². The minimum Gasteiger partial charge on any atom is -0.207 e. The van der Waals surface area contributed by atoms with Gasteiger partial charge in [-0.2, -0.15) is 0 Å². The fourth-order valence-electron chi connectivity index (χ4n) is 1.76. The van der Waals surface area contributed by atoms with Crippen molar-refractivity contribution in [3.8, 4) is 0 Å². The smallest absolute Gasteiger partial charge is 0.207 e. The number of hydrogen-bond donors (Lipinski definition) is 1. The van der Waals surface area contributed by atoms with E-state index in [4.69, 9.17) is 0 Å². The van der Waals surface area contributed by atoms with Crippen LogP contribution in [0.15, 0.2) is 45.1 Å². The van der Waals surface area contributed by atoms with E-state index in [1.165, 1.54) is 11.3 Å². The number of hydrogen-bond acceptors (Lipinski definition) is 3. The third-order valence-electron chi connectivity index (χ3n) is 2.74. The SMILES string of the molecule is Cc1ccc(Br)cc1S(=O)(=O)N[C@H](C)c1cccs1. The summed E-state index contributed by atoms with van der Waals surface area (Å²) in [6.07, 6.45) is 0. The van der Waals surface area contributed by atoms with Crippen molar-refractivity contribution in [2.24, 2.45) is 0 Å². The largest absolute Gasteiger partial charge is 0.241 e. The van der Waals surface area contributed by atoms with Crippen LogP contribution in [-0.2, 0) is 10.0 Å². The second-order valence-corrected chi connectivity index (χ2v) is 7.85. The normalized spacial score (nSPS) is 13.4. The summed E-state index contributed by atoms with van der Waals surface area (Å²) >= 11 is 4.84. The van der Waals surface area contributed by atoms with E-state index in [2.05, 4.69) is 20.7 Å². The zero-order valence-electron chi connectivity index (χ0n) is 10.6. The van der Waals surface area contributed by atoms with Gasteiger partial charge >= 0.3 is 0 Å². The molecule has 102 valence electrons. The summed E-state index contributed by atoms with van der Waals surface area (Å²) in [5, 5.41) is 1.94. The van der Waals surface area contributed by atoms with Crippen LogP contribution in [0.1, 0.15) is 23.4 Å². The lowest BCUT2D eigenvalue weighted by atomic mass is 10.2. The van der Waals surface area contributed by atoms with E-state index >= 15 is 0 Å². The number of halogens is 1. The molecular weight excluding hydrogens is 346 g/mol. The summed E-state index contributed by atoms with van der Waals surface area (Å²) < 4.78 is 28.2. The molecule has 0 fully saturated rings. The molecule has 1 aromatic heterocycles. The third kappa shape index (κ3) is 3.45. The fraction of sp³-hybridized carbons (Fsp3) is 0.231. The molecule has 1 N–H and O–H groups in total. The van der Waals surface area contributed by atoms with Crippen LogP contribution in [0.2, 0.25) is 0 Å². The molecule has 2 rings (SSSR count). The monoisotopic (exact) mass is 359 g/mol. The average molecular weight is 360 g/mol. The van der Waals surface area contributed by atoms with Crippen LogP contribution in [0, 0.1) is 6.92 Å². The summed E-state index contributed by atoms with van der Waals surface area (Å²) in [5.41, 5.74) is 0.731. The summed E-state index contributed by atoms with van der Waals surface area (Å²) in [5.74, 6) is 0. The minimum absolute atomic E-state index is 0.233. The number of aryl methyl sites for hydroxylation is 1. The Bertz CT molecular complexity index is 666. The summed E-state index contributed by atoms with van der Waals surface area (Å²) in [6, 6.07) is 8.84. The Hall–Kier alpha value is -0.690. The highest BCUT2D eigenvalue weighted by molar-refractivity contribution is 9.10. The molecule has 2 aromatic rings. The quantitative estimate of drug-likeness (QED) is 0.900. The highest BCUT2D eigenvalue weighted by atomic mass is 79.9. The molecule has 0 aliphatic carbocycles. The molecule has 0 aliphatic rings. The first-order chi connectivity index (χ1) is 8.90. The highest BCUT2D eigenvalue weighted by Gasteiger charge is 2.20. The topological polar surface area (TPSA) is 46.2 Å². The van der Waals surface area contributed by atoms with Crippen molar-refractivity contribution in [2.75, 3.05) is 0 Å². The molecule has 6 heteroatoms. The Morgan fingerprint density at radius 3 is 2.68 bits per heavy atom. The Morgan fingerprint density at radius 2 is 2.05 bits per heavy atom. The van der Waals surface area contributed by atoms with Crippen molar-refractivity contribution in [1.82, 2.24) is 4.72 Å². The molecule has 1 aromatic carbocycles. The van der Waals surface area contributed by atoms with Gasteiger partial charge in [0.1, 0.15) is 0 Å². The van der Waals surface area contributed by atoms with Crippen molar-refractivity contribution < 1.29 is 8.42 Å². The predicted octanol–water partition coefficient (Wildman–Crippen LogP) is 3.86. The van der Waals surface area contributed by atoms with Crippen LogP contribution in [0.3, 0.4) is 0 Å². The molecule has 0 saturated heterocycles. The number of rotatable bonds is 4. The summed E-state index contributed by atoms with van der Waals surface area (Å²) in [6.45, 7) is 3.63.